The Morgan fingerprint density at radius 1 is 1.56 bits per heavy atom. The van der Waals surface area contributed by atoms with Gasteiger partial charge in [-0.2, -0.15) is 0 Å². The van der Waals surface area contributed by atoms with Crippen molar-refractivity contribution in [1.29, 1.82) is 0 Å². The molecule has 0 spiro atoms. The molecule has 0 bridgehead atoms. The molecule has 0 radical (unpaired) electrons. The lowest BCUT2D eigenvalue weighted by Gasteiger charge is -2.39. The quantitative estimate of drug-likeness (QED) is 0.504. The van der Waals surface area contributed by atoms with Gasteiger partial charge >= 0.3 is 0 Å². The molecule has 0 aromatic rings. The smallest absolute Gasteiger partial charge is 0.0215 e. The molecule has 0 aliphatic heterocycles. The molecular weight excluding hydrogens is 108 g/mol. The molecule has 52 valence electrons. The fourth-order valence-corrected chi connectivity index (χ4v) is 3.34. The zero-order valence-corrected chi connectivity index (χ0v) is 6.70. The third-order valence-electron chi connectivity index (χ3n) is 4.11. The summed E-state index contributed by atoms with van der Waals surface area (Å²) in [5.74, 6) is 1.03. The Balaban J connectivity index is 2.17. The molecule has 0 aromatic heterocycles. The van der Waals surface area contributed by atoms with E-state index in [1.165, 1.54) is 19.3 Å². The molecule has 0 N–H and O–H groups in total. The van der Waals surface area contributed by atoms with E-state index in [4.69, 9.17) is 0 Å². The minimum atomic E-state index is 0.807. The van der Waals surface area contributed by atoms with E-state index in [-0.39, 0.29) is 0 Å². The lowest BCUT2D eigenvalue weighted by atomic mass is 9.65. The van der Waals surface area contributed by atoms with Gasteiger partial charge in [0, 0.05) is 0 Å². The van der Waals surface area contributed by atoms with Gasteiger partial charge in [-0.1, -0.05) is 20.8 Å². The van der Waals surface area contributed by atoms with E-state index in [1.54, 1.807) is 0 Å². The Morgan fingerprint density at radius 3 is 2.33 bits per heavy atom. The maximum atomic E-state index is 2.45. The van der Waals surface area contributed by atoms with Crippen LogP contribution in [-0.2, 0) is 0 Å². The first kappa shape index (κ1) is 5.76. The Kier molecular flexibility index (Phi) is 0.774. The van der Waals surface area contributed by atoms with Crippen molar-refractivity contribution in [2.45, 2.75) is 40.0 Å². The van der Waals surface area contributed by atoms with Gasteiger partial charge in [0.05, 0.1) is 0 Å². The van der Waals surface area contributed by atoms with Crippen LogP contribution in [0.2, 0.25) is 0 Å². The predicted molar refractivity (Wildman–Crippen MR) is 39.2 cm³/mol. The summed E-state index contributed by atoms with van der Waals surface area (Å²) in [5, 5.41) is 0. The van der Waals surface area contributed by atoms with Crippen molar-refractivity contribution in [3.8, 4) is 0 Å². The number of hydrogen-bond acceptors (Lipinski definition) is 0. The van der Waals surface area contributed by atoms with E-state index in [2.05, 4.69) is 20.8 Å². The molecule has 9 heavy (non-hydrogen) atoms. The second-order valence-corrected chi connectivity index (χ2v) is 4.35. The Hall–Kier alpha value is 0. The summed E-state index contributed by atoms with van der Waals surface area (Å²) in [6, 6.07) is 0. The van der Waals surface area contributed by atoms with Crippen LogP contribution in [0.5, 0.6) is 0 Å². The van der Waals surface area contributed by atoms with Crippen molar-refractivity contribution in [2.24, 2.45) is 16.7 Å². The number of fused-ring (bicyclic) bond motifs is 1. The lowest BCUT2D eigenvalue weighted by Crippen LogP contribution is -2.31. The van der Waals surface area contributed by atoms with Crippen LogP contribution in [0.15, 0.2) is 0 Å². The van der Waals surface area contributed by atoms with E-state index in [0.29, 0.717) is 0 Å². The van der Waals surface area contributed by atoms with Gasteiger partial charge in [0.1, 0.15) is 0 Å². The highest BCUT2D eigenvalue weighted by atomic mass is 14.8. The molecule has 0 nitrogen and oxygen atoms in total. The monoisotopic (exact) mass is 124 g/mol. The van der Waals surface area contributed by atoms with Crippen LogP contribution in [0, 0.1) is 16.7 Å². The third-order valence-corrected chi connectivity index (χ3v) is 4.11. The average molecular weight is 124 g/mol. The highest BCUT2D eigenvalue weighted by molar-refractivity contribution is 5.22. The van der Waals surface area contributed by atoms with E-state index in [1.807, 2.05) is 0 Å². The Bertz CT molecular complexity index is 150. The highest BCUT2D eigenvalue weighted by Gasteiger charge is 2.73. The first-order valence-electron chi connectivity index (χ1n) is 4.15. The summed E-state index contributed by atoms with van der Waals surface area (Å²) in [5.41, 5.74) is 1.63. The van der Waals surface area contributed by atoms with Gasteiger partial charge in [0.15, 0.2) is 0 Å². The van der Waals surface area contributed by atoms with Gasteiger partial charge in [-0.3, -0.25) is 0 Å². The molecule has 2 saturated carbocycles. The van der Waals surface area contributed by atoms with E-state index < -0.39 is 0 Å². The van der Waals surface area contributed by atoms with E-state index in [9.17, 15) is 0 Å². The van der Waals surface area contributed by atoms with Crippen molar-refractivity contribution < 1.29 is 0 Å². The SMILES string of the molecule is CCC12CC1(C)CC2C. The van der Waals surface area contributed by atoms with Crippen molar-refractivity contribution in [3.05, 3.63) is 0 Å². The lowest BCUT2D eigenvalue weighted by molar-refractivity contribution is 0.0966. The molecule has 2 rings (SSSR count). The van der Waals surface area contributed by atoms with Crippen LogP contribution in [0.3, 0.4) is 0 Å². The molecule has 3 unspecified atom stereocenters. The van der Waals surface area contributed by atoms with Crippen molar-refractivity contribution >= 4 is 0 Å². The summed E-state index contributed by atoms with van der Waals surface area (Å²) < 4.78 is 0. The minimum absolute atomic E-state index is 0.807. The molecule has 0 heterocycles. The van der Waals surface area contributed by atoms with Crippen LogP contribution in [0.25, 0.3) is 0 Å². The zero-order valence-electron chi connectivity index (χ0n) is 6.70. The standard InChI is InChI=1S/C9H16/c1-4-9-6-8(9,3)5-7(9)2/h7H,4-6H2,1-3H3. The van der Waals surface area contributed by atoms with Crippen LogP contribution in [-0.4, -0.2) is 0 Å². The zero-order chi connectivity index (χ0) is 6.70. The maximum absolute atomic E-state index is 2.45. The average Bonchev–Trinajstić information content (AvgIpc) is 2.30. The van der Waals surface area contributed by atoms with Gasteiger partial charge in [-0.15, -0.1) is 0 Å². The number of rotatable bonds is 1. The van der Waals surface area contributed by atoms with Gasteiger partial charge in [0.2, 0.25) is 0 Å². The predicted octanol–water partition coefficient (Wildman–Crippen LogP) is 2.83. The topological polar surface area (TPSA) is 0 Å². The van der Waals surface area contributed by atoms with E-state index >= 15 is 0 Å². The molecule has 2 fully saturated rings. The second-order valence-electron chi connectivity index (χ2n) is 4.35. The third kappa shape index (κ3) is 0.395. The molecule has 3 atom stereocenters. The first-order valence-corrected chi connectivity index (χ1v) is 4.15. The first-order chi connectivity index (χ1) is 4.15. The Labute approximate surface area is 57.6 Å². The summed E-state index contributed by atoms with van der Waals surface area (Å²) in [6.45, 7) is 7.22. The fraction of sp³-hybridized carbons (Fsp3) is 1.00. The second kappa shape index (κ2) is 1.21. The molecule has 0 amide bonds. The maximum Gasteiger partial charge on any atom is -0.0215 e. The molecular formula is C9H16. The van der Waals surface area contributed by atoms with Crippen LogP contribution in [0.1, 0.15) is 40.0 Å². The summed E-state index contributed by atoms with van der Waals surface area (Å²) in [7, 11) is 0. The number of hydrogen-bond donors (Lipinski definition) is 0. The summed E-state index contributed by atoms with van der Waals surface area (Å²) >= 11 is 0. The molecule has 2 aliphatic carbocycles. The fourth-order valence-electron chi connectivity index (χ4n) is 3.34. The largest absolute Gasteiger partial charge is 0.0648 e. The summed E-state index contributed by atoms with van der Waals surface area (Å²) in [6.07, 6.45) is 4.45. The molecule has 0 aromatic carbocycles. The van der Waals surface area contributed by atoms with Crippen LogP contribution >= 0.6 is 0 Å². The van der Waals surface area contributed by atoms with Crippen molar-refractivity contribution in [2.75, 3.05) is 0 Å². The van der Waals surface area contributed by atoms with E-state index in [0.717, 1.165) is 16.7 Å². The molecule has 0 heteroatoms. The van der Waals surface area contributed by atoms with Gasteiger partial charge < -0.3 is 0 Å². The van der Waals surface area contributed by atoms with Crippen LogP contribution in [0.4, 0.5) is 0 Å². The highest BCUT2D eigenvalue weighted by Crippen LogP contribution is 2.81. The van der Waals surface area contributed by atoms with Gasteiger partial charge in [-0.25, -0.2) is 0 Å². The normalized spacial score (nSPS) is 62.3. The van der Waals surface area contributed by atoms with Gasteiger partial charge in [-0.05, 0) is 36.0 Å². The van der Waals surface area contributed by atoms with Crippen LogP contribution < -0.4 is 0 Å². The minimum Gasteiger partial charge on any atom is -0.0648 e. The van der Waals surface area contributed by atoms with Gasteiger partial charge in [0.25, 0.3) is 0 Å². The van der Waals surface area contributed by atoms with Crippen molar-refractivity contribution in [3.63, 3.8) is 0 Å². The molecule has 2 aliphatic rings. The molecule has 0 saturated heterocycles. The Morgan fingerprint density at radius 2 is 2.22 bits per heavy atom. The summed E-state index contributed by atoms with van der Waals surface area (Å²) in [4.78, 5) is 0. The van der Waals surface area contributed by atoms with Crippen molar-refractivity contribution in [1.82, 2.24) is 0 Å².